The van der Waals surface area contributed by atoms with E-state index in [0.717, 1.165) is 16.8 Å². The summed E-state index contributed by atoms with van der Waals surface area (Å²) in [7, 11) is 0. The molecule has 0 atom stereocenters. The van der Waals surface area contributed by atoms with Crippen molar-refractivity contribution in [2.45, 2.75) is 13.8 Å². The van der Waals surface area contributed by atoms with Crippen LogP contribution < -0.4 is 5.32 Å². The Hall–Kier alpha value is -2.66. The lowest BCUT2D eigenvalue weighted by Crippen LogP contribution is -2.40. The van der Waals surface area contributed by atoms with Crippen molar-refractivity contribution in [1.82, 2.24) is 4.90 Å². The van der Waals surface area contributed by atoms with Gasteiger partial charge in [0.05, 0.1) is 13.2 Å². The van der Waals surface area contributed by atoms with Crippen molar-refractivity contribution < 1.29 is 14.3 Å². The van der Waals surface area contributed by atoms with Gasteiger partial charge in [0, 0.05) is 29.9 Å². The topological polar surface area (TPSA) is 58.6 Å². The number of rotatable bonds is 3. The molecule has 1 fully saturated rings. The molecule has 0 bridgehead atoms. The zero-order chi connectivity index (χ0) is 17.8. The number of amides is 2. The van der Waals surface area contributed by atoms with Crippen LogP contribution in [-0.2, 0) is 4.74 Å². The smallest absolute Gasteiger partial charge is 0.255 e. The van der Waals surface area contributed by atoms with Gasteiger partial charge in [0.2, 0.25) is 0 Å². The van der Waals surface area contributed by atoms with Gasteiger partial charge in [0.1, 0.15) is 0 Å². The number of carbonyl (C=O) groups excluding carboxylic acids is 2. The average molecular weight is 338 g/mol. The highest BCUT2D eigenvalue weighted by molar-refractivity contribution is 6.06. The van der Waals surface area contributed by atoms with Gasteiger partial charge < -0.3 is 15.0 Å². The quantitative estimate of drug-likeness (QED) is 0.936. The zero-order valence-electron chi connectivity index (χ0n) is 14.5. The standard InChI is InChI=1S/C20H22N2O3/c1-14-6-7-15(2)18(12-14)21-19(23)16-4-3-5-17(13-16)20(24)22-8-10-25-11-9-22/h3-7,12-13H,8-11H2,1-2H3,(H,21,23). The van der Waals surface area contributed by atoms with E-state index in [9.17, 15) is 9.59 Å². The predicted octanol–water partition coefficient (Wildman–Crippen LogP) is 3.03. The number of aryl methyl sites for hydroxylation is 2. The molecule has 2 amide bonds. The maximum absolute atomic E-state index is 12.6. The molecule has 2 aromatic carbocycles. The van der Waals surface area contributed by atoms with Gasteiger partial charge in [-0.3, -0.25) is 9.59 Å². The Bertz CT molecular complexity index is 795. The van der Waals surface area contributed by atoms with Crippen LogP contribution in [0.15, 0.2) is 42.5 Å². The summed E-state index contributed by atoms with van der Waals surface area (Å²) in [5, 5.41) is 2.93. The van der Waals surface area contributed by atoms with E-state index in [2.05, 4.69) is 5.32 Å². The predicted molar refractivity (Wildman–Crippen MR) is 97.0 cm³/mol. The van der Waals surface area contributed by atoms with Gasteiger partial charge in [-0.05, 0) is 49.2 Å². The van der Waals surface area contributed by atoms with Gasteiger partial charge in [-0.2, -0.15) is 0 Å². The molecule has 0 aromatic heterocycles. The number of carbonyl (C=O) groups is 2. The minimum Gasteiger partial charge on any atom is -0.378 e. The number of hydrogen-bond donors (Lipinski definition) is 1. The Balaban J connectivity index is 1.77. The first kappa shape index (κ1) is 17.2. The van der Waals surface area contributed by atoms with Gasteiger partial charge in [0.15, 0.2) is 0 Å². The van der Waals surface area contributed by atoms with Crippen molar-refractivity contribution in [1.29, 1.82) is 0 Å². The molecule has 1 N–H and O–H groups in total. The molecule has 5 nitrogen and oxygen atoms in total. The summed E-state index contributed by atoms with van der Waals surface area (Å²) in [5.41, 5.74) is 3.86. The minimum atomic E-state index is -0.217. The van der Waals surface area contributed by atoms with Crippen molar-refractivity contribution in [3.63, 3.8) is 0 Å². The molecule has 0 spiro atoms. The highest BCUT2D eigenvalue weighted by Crippen LogP contribution is 2.18. The lowest BCUT2D eigenvalue weighted by atomic mass is 10.1. The molecular formula is C20H22N2O3. The van der Waals surface area contributed by atoms with Crippen LogP contribution in [0, 0.1) is 13.8 Å². The zero-order valence-corrected chi connectivity index (χ0v) is 14.5. The van der Waals surface area contributed by atoms with E-state index in [1.54, 1.807) is 29.2 Å². The van der Waals surface area contributed by atoms with E-state index in [1.807, 2.05) is 32.0 Å². The maximum atomic E-state index is 12.6. The summed E-state index contributed by atoms with van der Waals surface area (Å²) in [6.07, 6.45) is 0. The third kappa shape index (κ3) is 4.06. The van der Waals surface area contributed by atoms with Crippen LogP contribution in [0.1, 0.15) is 31.8 Å². The third-order valence-electron chi connectivity index (χ3n) is 4.31. The third-order valence-corrected chi connectivity index (χ3v) is 4.31. The molecule has 130 valence electrons. The molecule has 25 heavy (non-hydrogen) atoms. The first-order valence-electron chi connectivity index (χ1n) is 8.40. The lowest BCUT2D eigenvalue weighted by Gasteiger charge is -2.27. The van der Waals surface area contributed by atoms with Crippen molar-refractivity contribution in [3.8, 4) is 0 Å². The Kier molecular flexibility index (Phi) is 5.14. The van der Waals surface area contributed by atoms with Crippen LogP contribution >= 0.6 is 0 Å². The SMILES string of the molecule is Cc1ccc(C)c(NC(=O)c2cccc(C(=O)N3CCOCC3)c2)c1. The summed E-state index contributed by atoms with van der Waals surface area (Å²) in [6.45, 7) is 6.21. The number of hydrogen-bond acceptors (Lipinski definition) is 3. The Labute approximate surface area is 147 Å². The van der Waals surface area contributed by atoms with E-state index in [4.69, 9.17) is 4.74 Å². The van der Waals surface area contributed by atoms with Crippen LogP contribution in [0.2, 0.25) is 0 Å². The van der Waals surface area contributed by atoms with E-state index in [1.165, 1.54) is 0 Å². The number of morpholine rings is 1. The van der Waals surface area contributed by atoms with Crippen LogP contribution in [-0.4, -0.2) is 43.0 Å². The Morgan fingerprint density at radius 2 is 1.72 bits per heavy atom. The Morgan fingerprint density at radius 3 is 2.48 bits per heavy atom. The minimum absolute atomic E-state index is 0.0651. The van der Waals surface area contributed by atoms with E-state index in [-0.39, 0.29) is 11.8 Å². The van der Waals surface area contributed by atoms with Crippen molar-refractivity contribution >= 4 is 17.5 Å². The first-order valence-corrected chi connectivity index (χ1v) is 8.40. The molecule has 1 saturated heterocycles. The molecule has 2 aromatic rings. The molecule has 3 rings (SSSR count). The molecule has 1 aliphatic heterocycles. The van der Waals surface area contributed by atoms with Crippen molar-refractivity contribution in [2.24, 2.45) is 0 Å². The monoisotopic (exact) mass is 338 g/mol. The lowest BCUT2D eigenvalue weighted by molar-refractivity contribution is 0.0303. The van der Waals surface area contributed by atoms with Crippen LogP contribution in [0.5, 0.6) is 0 Å². The van der Waals surface area contributed by atoms with E-state index in [0.29, 0.717) is 37.4 Å². The number of nitrogens with zero attached hydrogens (tertiary/aromatic N) is 1. The number of nitrogens with one attached hydrogen (secondary N) is 1. The number of benzene rings is 2. The van der Waals surface area contributed by atoms with Gasteiger partial charge in [0.25, 0.3) is 11.8 Å². The van der Waals surface area contributed by atoms with Gasteiger partial charge in [-0.25, -0.2) is 0 Å². The molecule has 0 aliphatic carbocycles. The van der Waals surface area contributed by atoms with Crippen molar-refractivity contribution in [2.75, 3.05) is 31.6 Å². The number of anilines is 1. The summed E-state index contributed by atoms with van der Waals surface area (Å²) in [6, 6.07) is 12.8. The summed E-state index contributed by atoms with van der Waals surface area (Å²) >= 11 is 0. The summed E-state index contributed by atoms with van der Waals surface area (Å²) in [5.74, 6) is -0.282. The summed E-state index contributed by atoms with van der Waals surface area (Å²) < 4.78 is 5.28. The fraction of sp³-hybridized carbons (Fsp3) is 0.300. The first-order chi connectivity index (χ1) is 12.0. The molecule has 0 radical (unpaired) electrons. The highest BCUT2D eigenvalue weighted by atomic mass is 16.5. The second-order valence-electron chi connectivity index (χ2n) is 6.26. The second kappa shape index (κ2) is 7.49. The van der Waals surface area contributed by atoms with Crippen LogP contribution in [0.25, 0.3) is 0 Å². The largest absolute Gasteiger partial charge is 0.378 e. The van der Waals surface area contributed by atoms with Crippen LogP contribution in [0.3, 0.4) is 0 Å². The normalized spacial score (nSPS) is 14.2. The molecule has 1 aliphatic rings. The fourth-order valence-electron chi connectivity index (χ4n) is 2.81. The van der Waals surface area contributed by atoms with Crippen LogP contribution in [0.4, 0.5) is 5.69 Å². The highest BCUT2D eigenvalue weighted by Gasteiger charge is 2.19. The number of ether oxygens (including phenoxy) is 1. The van der Waals surface area contributed by atoms with E-state index >= 15 is 0 Å². The summed E-state index contributed by atoms with van der Waals surface area (Å²) in [4.78, 5) is 26.9. The molecular weight excluding hydrogens is 316 g/mol. The molecule has 1 heterocycles. The van der Waals surface area contributed by atoms with Gasteiger partial charge in [-0.1, -0.05) is 18.2 Å². The van der Waals surface area contributed by atoms with Gasteiger partial charge in [-0.15, -0.1) is 0 Å². The average Bonchev–Trinajstić information content (AvgIpc) is 2.65. The molecule has 0 saturated carbocycles. The molecule has 5 heteroatoms. The fourth-order valence-corrected chi connectivity index (χ4v) is 2.81. The second-order valence-corrected chi connectivity index (χ2v) is 6.26. The molecule has 0 unspecified atom stereocenters. The Morgan fingerprint density at radius 1 is 1.00 bits per heavy atom. The van der Waals surface area contributed by atoms with Crippen molar-refractivity contribution in [3.05, 3.63) is 64.7 Å². The van der Waals surface area contributed by atoms with Gasteiger partial charge >= 0.3 is 0 Å². The maximum Gasteiger partial charge on any atom is 0.255 e. The van der Waals surface area contributed by atoms with E-state index < -0.39 is 0 Å².